The number of thioether (sulfide) groups is 1. The fourth-order valence-corrected chi connectivity index (χ4v) is 5.80. The normalized spacial score (nSPS) is 19.1. The lowest BCUT2D eigenvalue weighted by Crippen LogP contribution is -2.43. The number of nitriles is 1. The molecule has 1 amide bonds. The van der Waals surface area contributed by atoms with Crippen molar-refractivity contribution in [2.75, 3.05) is 31.1 Å². The van der Waals surface area contributed by atoms with Crippen LogP contribution in [0.5, 0.6) is 0 Å². The number of anilines is 1. The van der Waals surface area contributed by atoms with Gasteiger partial charge in [-0.3, -0.25) is 23.9 Å². The van der Waals surface area contributed by atoms with Gasteiger partial charge in [0.2, 0.25) is 0 Å². The first-order chi connectivity index (χ1) is 17.3. The van der Waals surface area contributed by atoms with E-state index in [0.29, 0.717) is 65.4 Å². The Morgan fingerprint density at radius 2 is 2.11 bits per heavy atom. The van der Waals surface area contributed by atoms with E-state index in [2.05, 4.69) is 12.6 Å². The zero-order valence-corrected chi connectivity index (χ0v) is 22.7. The van der Waals surface area contributed by atoms with E-state index in [-0.39, 0.29) is 28.9 Å². The van der Waals surface area contributed by atoms with Crippen molar-refractivity contribution >= 4 is 52.1 Å². The summed E-state index contributed by atoms with van der Waals surface area (Å²) in [6.07, 6.45) is 6.43. The first kappa shape index (κ1) is 27.7. The Hall–Kier alpha value is -2.90. The van der Waals surface area contributed by atoms with Gasteiger partial charge < -0.3 is 9.64 Å². The number of ether oxygens (including phenoxy) is 1. The summed E-state index contributed by atoms with van der Waals surface area (Å²) in [5.41, 5.74) is 0.845. The number of pyridine rings is 1. The minimum atomic E-state index is -0.354. The average molecular weight is 529 g/mol. The second-order valence-corrected chi connectivity index (χ2v) is 10.5. The molecule has 3 rings (SSSR count). The number of aromatic nitrogens is 1. The van der Waals surface area contributed by atoms with Crippen molar-refractivity contribution < 1.29 is 14.3 Å². The van der Waals surface area contributed by atoms with Crippen LogP contribution in [-0.4, -0.2) is 51.9 Å². The molecule has 2 aliphatic heterocycles. The van der Waals surface area contributed by atoms with Crippen LogP contribution in [0.15, 0.2) is 22.4 Å². The molecule has 1 unspecified atom stereocenters. The van der Waals surface area contributed by atoms with Crippen molar-refractivity contribution in [2.24, 2.45) is 5.92 Å². The van der Waals surface area contributed by atoms with Crippen molar-refractivity contribution in [3.63, 3.8) is 0 Å². The Labute approximate surface area is 221 Å². The van der Waals surface area contributed by atoms with E-state index in [1.54, 1.807) is 30.6 Å². The lowest BCUT2D eigenvalue weighted by Gasteiger charge is -2.36. The van der Waals surface area contributed by atoms with Gasteiger partial charge in [0.1, 0.15) is 21.8 Å². The van der Waals surface area contributed by atoms with E-state index in [0.717, 1.165) is 19.3 Å². The molecule has 0 radical (unpaired) electrons. The highest BCUT2D eigenvalue weighted by molar-refractivity contribution is 8.26. The highest BCUT2D eigenvalue weighted by Gasteiger charge is 2.34. The fraction of sp³-hybridized carbons (Fsp3) is 0.500. The molecular formula is C26H32N4O4S2. The topological polar surface area (TPSA) is 95.6 Å². The molecule has 0 aromatic carbocycles. The summed E-state index contributed by atoms with van der Waals surface area (Å²) in [4.78, 5) is 43.0. The first-order valence-electron chi connectivity index (χ1n) is 12.2. The van der Waals surface area contributed by atoms with Gasteiger partial charge in [0.05, 0.1) is 17.4 Å². The van der Waals surface area contributed by atoms with Crippen LogP contribution in [-0.2, 0) is 20.9 Å². The number of thiocarbonyl (C=S) groups is 1. The maximum atomic E-state index is 13.4. The van der Waals surface area contributed by atoms with Gasteiger partial charge in [-0.15, -0.1) is 6.58 Å². The van der Waals surface area contributed by atoms with Gasteiger partial charge in [-0.2, -0.15) is 5.26 Å². The van der Waals surface area contributed by atoms with E-state index in [1.807, 2.05) is 11.8 Å². The van der Waals surface area contributed by atoms with Crippen LogP contribution >= 0.6 is 24.0 Å². The molecular weight excluding hydrogens is 496 g/mol. The minimum absolute atomic E-state index is 0.0571. The number of carbonyl (C=O) groups excluding carboxylic acids is 2. The summed E-state index contributed by atoms with van der Waals surface area (Å²) < 4.78 is 7.35. The molecule has 36 heavy (non-hydrogen) atoms. The summed E-state index contributed by atoms with van der Waals surface area (Å²) in [5, 5.41) is 9.84. The van der Waals surface area contributed by atoms with Gasteiger partial charge in [0.25, 0.3) is 11.5 Å². The van der Waals surface area contributed by atoms with Crippen LogP contribution in [0.2, 0.25) is 0 Å². The van der Waals surface area contributed by atoms with E-state index < -0.39 is 0 Å². The number of unbranched alkanes of at least 4 members (excludes halogenated alkanes) is 1. The number of carbonyl (C=O) groups is 2. The van der Waals surface area contributed by atoms with Crippen molar-refractivity contribution in [2.45, 2.75) is 53.0 Å². The van der Waals surface area contributed by atoms with Crippen LogP contribution < -0.4 is 10.5 Å². The molecule has 1 aromatic heterocycles. The highest BCUT2D eigenvalue weighted by Crippen LogP contribution is 2.37. The molecule has 0 spiro atoms. The summed E-state index contributed by atoms with van der Waals surface area (Å²) in [5.74, 6) is -0.166. The Morgan fingerprint density at radius 3 is 2.75 bits per heavy atom. The van der Waals surface area contributed by atoms with Crippen molar-refractivity contribution in [1.82, 2.24) is 9.47 Å². The van der Waals surface area contributed by atoms with E-state index in [1.165, 1.54) is 16.7 Å². The number of nitrogens with zero attached hydrogens (tertiary/aromatic N) is 4. The lowest BCUT2D eigenvalue weighted by atomic mass is 9.96. The summed E-state index contributed by atoms with van der Waals surface area (Å²) >= 11 is 6.59. The fourth-order valence-electron chi connectivity index (χ4n) is 4.55. The number of piperidine rings is 1. The van der Waals surface area contributed by atoms with E-state index in [4.69, 9.17) is 17.0 Å². The third kappa shape index (κ3) is 5.57. The number of amides is 1. The van der Waals surface area contributed by atoms with E-state index >= 15 is 0 Å². The molecule has 10 heteroatoms. The Kier molecular flexibility index (Phi) is 9.51. The largest absolute Gasteiger partial charge is 0.466 e. The zero-order chi connectivity index (χ0) is 26.4. The van der Waals surface area contributed by atoms with Crippen LogP contribution in [0.25, 0.3) is 6.08 Å². The maximum Gasteiger partial charge on any atom is 0.310 e. The SMILES string of the molecule is C=CCN1C(=O)/C(=C\c2c(C)c(C#N)c(=O)n(CCCC)c2N2CCCC(C(=O)OCC)C2)SC1=S. The molecule has 1 atom stereocenters. The van der Waals surface area contributed by atoms with Crippen LogP contribution in [0.1, 0.15) is 56.2 Å². The molecule has 192 valence electrons. The third-order valence-electron chi connectivity index (χ3n) is 6.38. The molecule has 0 saturated carbocycles. The zero-order valence-electron chi connectivity index (χ0n) is 21.0. The monoisotopic (exact) mass is 528 g/mol. The van der Waals surface area contributed by atoms with Crippen LogP contribution in [0.3, 0.4) is 0 Å². The van der Waals surface area contributed by atoms with Crippen LogP contribution in [0.4, 0.5) is 5.82 Å². The lowest BCUT2D eigenvalue weighted by molar-refractivity contribution is -0.148. The first-order valence-corrected chi connectivity index (χ1v) is 13.5. The van der Waals surface area contributed by atoms with Crippen molar-refractivity contribution in [1.29, 1.82) is 5.26 Å². The van der Waals surface area contributed by atoms with Crippen molar-refractivity contribution in [3.05, 3.63) is 44.6 Å². The molecule has 2 saturated heterocycles. The standard InChI is InChI=1S/C26H32N4O4S2/c1-5-8-13-29-22(28-12-9-10-18(16-28)25(33)34-7-3)19(17(4)20(15-27)23(29)31)14-21-24(32)30(11-6-2)26(35)36-21/h6,14,18H,2,5,7-13,16H2,1,3-4H3/b21-14+. The summed E-state index contributed by atoms with van der Waals surface area (Å²) in [6.45, 7) is 11.3. The Balaban J connectivity index is 2.21. The van der Waals surface area contributed by atoms with Gasteiger partial charge in [-0.05, 0) is 44.7 Å². The molecule has 0 N–H and O–H groups in total. The molecule has 0 aliphatic carbocycles. The molecule has 3 heterocycles. The molecule has 2 fully saturated rings. The van der Waals surface area contributed by atoms with Crippen LogP contribution in [0, 0.1) is 24.2 Å². The Morgan fingerprint density at radius 1 is 1.36 bits per heavy atom. The number of hydrogen-bond acceptors (Lipinski definition) is 8. The quantitative estimate of drug-likeness (QED) is 0.205. The minimum Gasteiger partial charge on any atom is -0.466 e. The van der Waals surface area contributed by atoms with Gasteiger partial charge >= 0.3 is 5.97 Å². The smallest absolute Gasteiger partial charge is 0.310 e. The van der Waals surface area contributed by atoms with Gasteiger partial charge in [-0.1, -0.05) is 43.4 Å². The predicted octanol–water partition coefficient (Wildman–Crippen LogP) is 4.00. The second-order valence-electron chi connectivity index (χ2n) is 8.78. The summed E-state index contributed by atoms with van der Waals surface area (Å²) in [7, 11) is 0. The summed E-state index contributed by atoms with van der Waals surface area (Å²) in [6, 6.07) is 2.07. The van der Waals surface area contributed by atoms with Gasteiger partial charge in [0, 0.05) is 31.7 Å². The molecule has 8 nitrogen and oxygen atoms in total. The number of rotatable bonds is 9. The average Bonchev–Trinajstić information content (AvgIpc) is 3.13. The van der Waals surface area contributed by atoms with Gasteiger partial charge in [-0.25, -0.2) is 0 Å². The van der Waals surface area contributed by atoms with E-state index in [9.17, 15) is 19.6 Å². The van der Waals surface area contributed by atoms with Gasteiger partial charge in [0.15, 0.2) is 0 Å². The molecule has 0 bridgehead atoms. The molecule has 1 aromatic rings. The Bertz CT molecular complexity index is 1200. The number of hydrogen-bond donors (Lipinski definition) is 0. The molecule has 2 aliphatic rings. The maximum absolute atomic E-state index is 13.4. The third-order valence-corrected chi connectivity index (χ3v) is 7.76. The highest BCUT2D eigenvalue weighted by atomic mass is 32.2. The number of esters is 1. The van der Waals surface area contributed by atoms with Crippen molar-refractivity contribution in [3.8, 4) is 6.07 Å². The predicted molar refractivity (Wildman–Crippen MR) is 147 cm³/mol. The second kappa shape index (κ2) is 12.4.